The van der Waals surface area contributed by atoms with Gasteiger partial charge in [0.2, 0.25) is 0 Å². The van der Waals surface area contributed by atoms with E-state index in [1.807, 2.05) is 0 Å². The van der Waals surface area contributed by atoms with Crippen molar-refractivity contribution in [3.8, 4) is 0 Å². The predicted octanol–water partition coefficient (Wildman–Crippen LogP) is 2.13. The van der Waals surface area contributed by atoms with E-state index in [9.17, 15) is 14.4 Å². The molecule has 2 aliphatic heterocycles. The number of hydrogen-bond acceptors (Lipinski definition) is 4. The third kappa shape index (κ3) is 4.60. The lowest BCUT2D eigenvalue weighted by Crippen LogP contribution is -2.39. The molecule has 2 N–H and O–H groups in total. The lowest BCUT2D eigenvalue weighted by molar-refractivity contribution is -0.138. The van der Waals surface area contributed by atoms with Crippen molar-refractivity contribution < 1.29 is 24.2 Å². The molecule has 7 heteroatoms. The van der Waals surface area contributed by atoms with E-state index >= 15 is 0 Å². The van der Waals surface area contributed by atoms with Gasteiger partial charge in [-0.2, -0.15) is 0 Å². The number of piperidine rings is 1. The Morgan fingerprint density at radius 1 is 1.19 bits per heavy atom. The second-order valence-corrected chi connectivity index (χ2v) is 6.91. The molecule has 0 saturated carbocycles. The molecule has 2 amide bonds. The first-order chi connectivity index (χ1) is 12.5. The predicted molar refractivity (Wildman–Crippen MR) is 94.9 cm³/mol. The number of aliphatic carboxylic acids is 1. The minimum Gasteiger partial charge on any atom is -0.481 e. The number of hydrogen-bond donors (Lipinski definition) is 2. The number of carboxylic acid groups (broad SMARTS) is 1. The molecule has 2 saturated heterocycles. The first kappa shape index (κ1) is 18.4. The molecular weight excluding hydrogens is 336 g/mol. The summed E-state index contributed by atoms with van der Waals surface area (Å²) >= 11 is 0. The fourth-order valence-corrected chi connectivity index (χ4v) is 3.51. The fraction of sp³-hybridized carbons (Fsp3) is 0.526. The van der Waals surface area contributed by atoms with Crippen LogP contribution in [0.3, 0.4) is 0 Å². The van der Waals surface area contributed by atoms with Crippen molar-refractivity contribution in [3.63, 3.8) is 0 Å². The largest absolute Gasteiger partial charge is 0.481 e. The summed E-state index contributed by atoms with van der Waals surface area (Å²) < 4.78 is 5.37. The summed E-state index contributed by atoms with van der Waals surface area (Å²) in [5, 5.41) is 11.7. The number of carbonyl (C=O) groups is 3. The standard InChI is InChI=1S/C19H24N2O5/c22-17(23)11-13-6-8-21(9-7-13)19(25)14-3-1-4-15(12-14)20-18(24)16-5-2-10-26-16/h1,3-4,12-13,16H,2,5-11H2,(H,20,24)(H,22,23). The average molecular weight is 360 g/mol. The molecule has 0 radical (unpaired) electrons. The van der Waals surface area contributed by atoms with Crippen LogP contribution in [0.2, 0.25) is 0 Å². The second kappa shape index (κ2) is 8.31. The van der Waals surface area contributed by atoms with Crippen molar-refractivity contribution in [3.05, 3.63) is 29.8 Å². The maximum atomic E-state index is 12.7. The molecule has 2 aliphatic rings. The smallest absolute Gasteiger partial charge is 0.303 e. The SMILES string of the molecule is O=C(O)CC1CCN(C(=O)c2cccc(NC(=O)C3CCCO3)c2)CC1. The zero-order valence-corrected chi connectivity index (χ0v) is 14.6. The van der Waals surface area contributed by atoms with Crippen molar-refractivity contribution in [2.24, 2.45) is 5.92 Å². The second-order valence-electron chi connectivity index (χ2n) is 6.91. The summed E-state index contributed by atoms with van der Waals surface area (Å²) in [6, 6.07) is 6.91. The molecule has 140 valence electrons. The topological polar surface area (TPSA) is 95.9 Å². The van der Waals surface area contributed by atoms with Gasteiger partial charge in [0, 0.05) is 37.4 Å². The zero-order valence-electron chi connectivity index (χ0n) is 14.6. The molecular formula is C19H24N2O5. The Bertz CT molecular complexity index is 676. The van der Waals surface area contributed by atoms with Gasteiger partial charge in [-0.05, 0) is 49.8 Å². The monoisotopic (exact) mass is 360 g/mol. The summed E-state index contributed by atoms with van der Waals surface area (Å²) in [5.74, 6) is -0.924. The van der Waals surface area contributed by atoms with E-state index in [1.54, 1.807) is 29.2 Å². The van der Waals surface area contributed by atoms with E-state index in [0.717, 1.165) is 12.8 Å². The number of benzene rings is 1. The van der Waals surface area contributed by atoms with Crippen LogP contribution in [-0.2, 0) is 14.3 Å². The minimum atomic E-state index is -0.788. The van der Waals surface area contributed by atoms with Crippen LogP contribution in [0, 0.1) is 5.92 Å². The molecule has 0 bridgehead atoms. The van der Waals surface area contributed by atoms with Gasteiger partial charge in [-0.3, -0.25) is 14.4 Å². The van der Waals surface area contributed by atoms with Crippen LogP contribution in [0.4, 0.5) is 5.69 Å². The Kier molecular flexibility index (Phi) is 5.88. The molecule has 26 heavy (non-hydrogen) atoms. The molecule has 3 rings (SSSR count). The van der Waals surface area contributed by atoms with Crippen molar-refractivity contribution in [2.75, 3.05) is 25.0 Å². The Morgan fingerprint density at radius 3 is 2.62 bits per heavy atom. The molecule has 1 aromatic rings. The Balaban J connectivity index is 1.58. The van der Waals surface area contributed by atoms with Gasteiger partial charge in [0.05, 0.1) is 0 Å². The van der Waals surface area contributed by atoms with Crippen LogP contribution in [0.15, 0.2) is 24.3 Å². The number of ether oxygens (including phenoxy) is 1. The summed E-state index contributed by atoms with van der Waals surface area (Å²) in [4.78, 5) is 37.4. The molecule has 2 fully saturated rings. The van der Waals surface area contributed by atoms with Crippen LogP contribution >= 0.6 is 0 Å². The number of carboxylic acids is 1. The highest BCUT2D eigenvalue weighted by Crippen LogP contribution is 2.23. The first-order valence-electron chi connectivity index (χ1n) is 9.06. The number of nitrogens with zero attached hydrogens (tertiary/aromatic N) is 1. The maximum Gasteiger partial charge on any atom is 0.303 e. The van der Waals surface area contributed by atoms with E-state index in [0.29, 0.717) is 43.8 Å². The molecule has 1 unspecified atom stereocenters. The van der Waals surface area contributed by atoms with Crippen LogP contribution in [0.25, 0.3) is 0 Å². The fourth-order valence-electron chi connectivity index (χ4n) is 3.51. The number of rotatable bonds is 5. The van der Waals surface area contributed by atoms with Gasteiger partial charge in [0.25, 0.3) is 11.8 Å². The number of carbonyl (C=O) groups excluding carboxylic acids is 2. The minimum absolute atomic E-state index is 0.0907. The Labute approximate surface area is 152 Å². The van der Waals surface area contributed by atoms with Crippen molar-refractivity contribution in [2.45, 2.75) is 38.2 Å². The molecule has 0 aromatic heterocycles. The van der Waals surface area contributed by atoms with Crippen LogP contribution in [0.1, 0.15) is 42.5 Å². The van der Waals surface area contributed by atoms with Gasteiger partial charge < -0.3 is 20.1 Å². The van der Waals surface area contributed by atoms with Gasteiger partial charge in [-0.15, -0.1) is 0 Å². The van der Waals surface area contributed by atoms with Crippen molar-refractivity contribution in [1.29, 1.82) is 0 Å². The Morgan fingerprint density at radius 2 is 1.96 bits per heavy atom. The van der Waals surface area contributed by atoms with Crippen molar-refractivity contribution in [1.82, 2.24) is 4.90 Å². The van der Waals surface area contributed by atoms with E-state index in [1.165, 1.54) is 0 Å². The van der Waals surface area contributed by atoms with Gasteiger partial charge >= 0.3 is 5.97 Å². The molecule has 0 aliphatic carbocycles. The van der Waals surface area contributed by atoms with Gasteiger partial charge in [-0.25, -0.2) is 0 Å². The third-order valence-corrected chi connectivity index (χ3v) is 4.96. The Hall–Kier alpha value is -2.41. The summed E-state index contributed by atoms with van der Waals surface area (Å²) in [5.41, 5.74) is 1.10. The summed E-state index contributed by atoms with van der Waals surface area (Å²) in [6.45, 7) is 1.72. The van der Waals surface area contributed by atoms with E-state index < -0.39 is 12.1 Å². The van der Waals surface area contributed by atoms with Crippen LogP contribution in [-0.4, -0.2) is 53.6 Å². The lowest BCUT2D eigenvalue weighted by atomic mass is 9.93. The quantitative estimate of drug-likeness (QED) is 0.839. The molecule has 7 nitrogen and oxygen atoms in total. The van der Waals surface area contributed by atoms with Crippen LogP contribution in [0.5, 0.6) is 0 Å². The summed E-state index contributed by atoms with van der Waals surface area (Å²) in [7, 11) is 0. The normalized spacial score (nSPS) is 20.8. The van der Waals surface area contributed by atoms with Crippen molar-refractivity contribution >= 4 is 23.5 Å². The number of likely N-dealkylation sites (tertiary alicyclic amines) is 1. The number of nitrogens with one attached hydrogen (secondary N) is 1. The highest BCUT2D eigenvalue weighted by Gasteiger charge is 2.26. The maximum absolute atomic E-state index is 12.7. The first-order valence-corrected chi connectivity index (χ1v) is 9.06. The molecule has 2 heterocycles. The van der Waals surface area contributed by atoms with Gasteiger partial charge in [-0.1, -0.05) is 6.07 Å². The number of anilines is 1. The van der Waals surface area contributed by atoms with E-state index in [2.05, 4.69) is 5.32 Å². The molecule has 1 aromatic carbocycles. The zero-order chi connectivity index (χ0) is 18.5. The highest BCUT2D eigenvalue weighted by atomic mass is 16.5. The van der Waals surface area contributed by atoms with Gasteiger partial charge in [0.1, 0.15) is 6.10 Å². The summed E-state index contributed by atoms with van der Waals surface area (Å²) in [6.07, 6.45) is 2.75. The molecule has 1 atom stereocenters. The van der Waals surface area contributed by atoms with E-state index in [4.69, 9.17) is 9.84 Å². The lowest BCUT2D eigenvalue weighted by Gasteiger charge is -2.31. The molecule has 0 spiro atoms. The highest BCUT2D eigenvalue weighted by molar-refractivity contribution is 5.98. The van der Waals surface area contributed by atoms with Gasteiger partial charge in [0.15, 0.2) is 0 Å². The third-order valence-electron chi connectivity index (χ3n) is 4.96. The van der Waals surface area contributed by atoms with Crippen LogP contribution < -0.4 is 5.32 Å². The average Bonchev–Trinajstić information content (AvgIpc) is 3.16. The number of amides is 2. The van der Waals surface area contributed by atoms with E-state index in [-0.39, 0.29) is 24.2 Å².